The predicted octanol–water partition coefficient (Wildman–Crippen LogP) is 1.67. The summed E-state index contributed by atoms with van der Waals surface area (Å²) >= 11 is 0. The third-order valence-electron chi connectivity index (χ3n) is 1.86. The highest BCUT2D eigenvalue weighted by atomic mass is 16.3. The van der Waals surface area contributed by atoms with Gasteiger partial charge in [0.2, 0.25) is 1.43 Å². The number of aliphatic hydroxyl groups is 1. The molecule has 1 rings (SSSR count). The molecule has 0 aliphatic rings. The number of nitrogens with zero attached hydrogens (tertiary/aromatic N) is 1. The maximum Gasteiger partial charge on any atom is 0.210 e. The summed E-state index contributed by atoms with van der Waals surface area (Å²) in [5.74, 6) is 0. The van der Waals surface area contributed by atoms with Gasteiger partial charge >= 0.3 is 0 Å². The van der Waals surface area contributed by atoms with E-state index in [1.807, 2.05) is 0 Å². The normalized spacial score (nSPS) is 22.2. The zero-order chi connectivity index (χ0) is 13.8. The molecule has 13 heavy (non-hydrogen) atoms. The average molecular weight is 184 g/mol. The molecule has 1 atom stereocenters. The molecule has 0 aromatic heterocycles. The van der Waals surface area contributed by atoms with Gasteiger partial charge in [-0.1, -0.05) is 30.3 Å². The molecule has 0 amide bonds. The summed E-state index contributed by atoms with van der Waals surface area (Å²) in [7, 11) is 1.55. The predicted molar refractivity (Wildman–Crippen MR) is 54.6 cm³/mol. The molecule has 0 heterocycles. The molecule has 1 aromatic carbocycles. The highest BCUT2D eigenvalue weighted by Gasteiger charge is 2.09. The minimum Gasteiger partial charge on any atom is -0.395 e. The van der Waals surface area contributed by atoms with Crippen LogP contribution in [-0.4, -0.2) is 31.6 Å². The van der Waals surface area contributed by atoms with Gasteiger partial charge in [0.15, 0.2) is 0 Å². The molecule has 2 nitrogen and oxygen atoms in total. The Morgan fingerprint density at radius 3 is 3.00 bits per heavy atom. The lowest BCUT2D eigenvalue weighted by atomic mass is 10.1. The van der Waals surface area contributed by atoms with Crippen molar-refractivity contribution in [2.75, 3.05) is 20.2 Å². The zero-order valence-corrected chi connectivity index (χ0v) is 7.66. The van der Waals surface area contributed by atoms with Gasteiger partial charge in [0.05, 0.1) is 7.98 Å². The summed E-state index contributed by atoms with van der Waals surface area (Å²) in [6.45, 7) is -2.24. The van der Waals surface area contributed by atoms with Crippen LogP contribution in [0.25, 0.3) is 0 Å². The Hall–Kier alpha value is -0.860. The second-order valence-electron chi connectivity index (χ2n) is 2.84. The fraction of sp³-hybridized carbons (Fsp3) is 0.455. The van der Waals surface area contributed by atoms with Crippen LogP contribution in [0.1, 0.15) is 23.9 Å². The number of rotatable bonds is 5. The van der Waals surface area contributed by atoms with Crippen molar-refractivity contribution in [3.05, 3.63) is 35.9 Å². The molecule has 0 aliphatic carbocycles. The fourth-order valence-corrected chi connectivity index (χ4v) is 1.07. The zero-order valence-electron chi connectivity index (χ0n) is 12.7. The number of hydrogen-bond acceptors (Lipinski definition) is 2. The molecule has 0 radical (unpaired) electrons. The molecule has 0 saturated heterocycles. The molecule has 0 bridgehead atoms. The van der Waals surface area contributed by atoms with Crippen LogP contribution in [0.4, 0.5) is 0 Å². The average Bonchev–Trinajstić information content (AvgIpc) is 2.34. The summed E-state index contributed by atoms with van der Waals surface area (Å²) in [5, 5.41) is 4.20. The van der Waals surface area contributed by atoms with Crippen LogP contribution in [0.15, 0.2) is 30.3 Å². The van der Waals surface area contributed by atoms with E-state index in [2.05, 4.69) is 5.11 Å². The first kappa shape index (κ1) is 5.13. The molecule has 72 valence electrons. The lowest BCUT2D eigenvalue weighted by molar-refractivity contribution is 0.189. The summed E-state index contributed by atoms with van der Waals surface area (Å²) in [5.41, 5.74) is 0.400. The van der Waals surface area contributed by atoms with Gasteiger partial charge in [-0.25, -0.2) is 0 Å². The third kappa shape index (κ3) is 2.83. The Morgan fingerprint density at radius 1 is 1.62 bits per heavy atom. The van der Waals surface area contributed by atoms with E-state index in [0.717, 1.165) is 0 Å². The minimum atomic E-state index is -2.49. The number of likely N-dealkylation sites (N-methyl/N-ethyl adjacent to an activating group) is 1. The quantitative estimate of drug-likeness (QED) is 0.752. The van der Waals surface area contributed by atoms with Crippen LogP contribution in [0.3, 0.4) is 0 Å². The first-order chi connectivity index (χ1) is 8.34. The first-order valence-corrected chi connectivity index (χ1v) is 4.19. The van der Waals surface area contributed by atoms with Gasteiger partial charge < -0.3 is 5.11 Å². The lowest BCUT2D eigenvalue weighted by Crippen LogP contribution is -2.25. The van der Waals surface area contributed by atoms with Crippen molar-refractivity contribution in [3.63, 3.8) is 0 Å². The van der Waals surface area contributed by atoms with Crippen LogP contribution in [-0.2, 0) is 0 Å². The molecule has 1 aromatic rings. The molecule has 0 aliphatic heterocycles. The fourth-order valence-electron chi connectivity index (χ4n) is 1.07. The summed E-state index contributed by atoms with van der Waals surface area (Å²) < 4.78 is 37.8. The van der Waals surface area contributed by atoms with Crippen molar-refractivity contribution in [1.29, 1.82) is 1.43 Å². The topological polar surface area (TPSA) is 23.5 Å². The first-order valence-electron chi connectivity index (χ1n) is 6.59. The van der Waals surface area contributed by atoms with Gasteiger partial charge in [-0.15, -0.1) is 0 Å². The maximum absolute atomic E-state index is 8.34. The van der Waals surface area contributed by atoms with Crippen LogP contribution < -0.4 is 0 Å². The van der Waals surface area contributed by atoms with Gasteiger partial charge in [-0.3, -0.25) is 4.90 Å². The number of hydrogen-bond donors (Lipinski definition) is 1. The van der Waals surface area contributed by atoms with Crippen LogP contribution in [0.5, 0.6) is 0 Å². The second-order valence-corrected chi connectivity index (χ2v) is 2.84. The van der Waals surface area contributed by atoms with E-state index in [1.54, 1.807) is 37.4 Å². The third-order valence-corrected chi connectivity index (χ3v) is 1.86. The highest BCUT2D eigenvalue weighted by molar-refractivity contribution is 5.18. The number of benzene rings is 1. The van der Waals surface area contributed by atoms with Crippen molar-refractivity contribution >= 4 is 0 Å². The van der Waals surface area contributed by atoms with Crippen LogP contribution in [0, 0.1) is 0 Å². The Balaban J connectivity index is 3.12. The SMILES string of the molecule is [2H]OCCN(C)C([2H])(c1ccccc1)C([2H])([2H])[2H]. The minimum absolute atomic E-state index is 0.0556. The Kier molecular flexibility index (Phi) is 1.97. The van der Waals surface area contributed by atoms with Crippen molar-refractivity contribution in [1.82, 2.24) is 4.90 Å². The van der Waals surface area contributed by atoms with Crippen molar-refractivity contribution in [3.8, 4) is 0 Å². The highest BCUT2D eigenvalue weighted by Crippen LogP contribution is 2.16. The van der Waals surface area contributed by atoms with Gasteiger partial charge in [0.1, 0.15) is 0 Å². The Bertz CT molecular complexity index is 369. The van der Waals surface area contributed by atoms with E-state index in [1.165, 1.54) is 4.90 Å². The Labute approximate surface area is 86.9 Å². The summed E-state index contributed by atoms with van der Waals surface area (Å²) in [6, 6.07) is 6.59. The molecular weight excluding hydrogens is 162 g/mol. The molecule has 0 saturated carbocycles. The van der Waals surface area contributed by atoms with Gasteiger partial charge in [0.25, 0.3) is 0 Å². The van der Waals surface area contributed by atoms with Crippen LogP contribution >= 0.6 is 0 Å². The summed E-state index contributed by atoms with van der Waals surface area (Å²) in [6.07, 6.45) is 0. The maximum atomic E-state index is 8.34. The monoisotopic (exact) mass is 184 g/mol. The van der Waals surface area contributed by atoms with Crippen molar-refractivity contribution in [2.45, 2.75) is 12.9 Å². The lowest BCUT2D eigenvalue weighted by Gasteiger charge is -2.23. The molecular formula is C11H17NO. The van der Waals surface area contributed by atoms with Gasteiger partial charge in [-0.2, -0.15) is 0 Å². The summed E-state index contributed by atoms with van der Waals surface area (Å²) in [4.78, 5) is 1.38. The Morgan fingerprint density at radius 2 is 2.38 bits per heavy atom. The smallest absolute Gasteiger partial charge is 0.210 e. The van der Waals surface area contributed by atoms with E-state index in [0.29, 0.717) is 5.56 Å². The molecule has 1 N–H and O–H groups in total. The standard InChI is InChI=1S/C11H17NO/c1-10(12(2)8-9-13)11-6-4-3-5-7-11/h3-7,10,13H,8-9H2,1-2H3/i1D3,10D,13D. The molecule has 0 spiro atoms. The molecule has 1 unspecified atom stereocenters. The van der Waals surface area contributed by atoms with E-state index >= 15 is 0 Å². The molecule has 0 fully saturated rings. The number of aliphatic hydroxyl groups excluding tert-OH is 1. The van der Waals surface area contributed by atoms with Gasteiger partial charge in [0, 0.05) is 16.7 Å². The van der Waals surface area contributed by atoms with Gasteiger partial charge in [-0.05, 0) is 19.5 Å². The van der Waals surface area contributed by atoms with E-state index < -0.39 is 12.9 Å². The largest absolute Gasteiger partial charge is 0.395 e. The van der Waals surface area contributed by atoms with E-state index in [-0.39, 0.29) is 13.2 Å². The van der Waals surface area contributed by atoms with E-state index in [9.17, 15) is 0 Å². The second kappa shape index (κ2) is 5.00. The van der Waals surface area contributed by atoms with E-state index in [4.69, 9.17) is 6.91 Å². The van der Waals surface area contributed by atoms with Crippen LogP contribution in [0.2, 0.25) is 0 Å². The van der Waals surface area contributed by atoms with Crippen molar-refractivity contribution < 1.29 is 10.6 Å². The van der Waals surface area contributed by atoms with Crippen molar-refractivity contribution in [2.24, 2.45) is 0 Å². The molecule has 2 heteroatoms.